The van der Waals surface area contributed by atoms with Crippen LogP contribution in [-0.2, 0) is 0 Å². The minimum atomic E-state index is -0.00360. The van der Waals surface area contributed by atoms with Gasteiger partial charge in [0.15, 0.2) is 5.71 Å². The highest BCUT2D eigenvalue weighted by molar-refractivity contribution is 6.01. The molecule has 0 amide bonds. The SMILES string of the molecule is CC(=NN[n+]1ccccc1)c1ccc(O)cc1O. The average Bonchev–Trinajstić information content (AvgIpc) is 2.37. The number of aromatic nitrogens is 1. The van der Waals surface area contributed by atoms with Crippen LogP contribution in [0.1, 0.15) is 12.5 Å². The molecule has 0 unspecified atom stereocenters. The number of hydrogen-bond acceptors (Lipinski definition) is 4. The van der Waals surface area contributed by atoms with Crippen molar-refractivity contribution in [1.82, 2.24) is 0 Å². The summed E-state index contributed by atoms with van der Waals surface area (Å²) in [4.78, 5) is 0. The highest BCUT2D eigenvalue weighted by Gasteiger charge is 2.09. The minimum Gasteiger partial charge on any atom is -0.508 e. The second-order valence-electron chi connectivity index (χ2n) is 3.78. The van der Waals surface area contributed by atoms with E-state index in [9.17, 15) is 10.2 Å². The maximum absolute atomic E-state index is 9.68. The zero-order valence-corrected chi connectivity index (χ0v) is 9.91. The summed E-state index contributed by atoms with van der Waals surface area (Å²) in [6, 6.07) is 10.0. The highest BCUT2D eigenvalue weighted by atomic mass is 16.3. The molecule has 5 heteroatoms. The summed E-state index contributed by atoms with van der Waals surface area (Å²) in [6.45, 7) is 1.77. The second-order valence-corrected chi connectivity index (χ2v) is 3.78. The lowest BCUT2D eigenvalue weighted by atomic mass is 10.1. The molecular formula is C13H14N3O2+. The Labute approximate surface area is 105 Å². The van der Waals surface area contributed by atoms with Crippen LogP contribution >= 0.6 is 0 Å². The van der Waals surface area contributed by atoms with Gasteiger partial charge in [0.2, 0.25) is 0 Å². The van der Waals surface area contributed by atoms with Crippen molar-refractivity contribution >= 4 is 5.71 Å². The van der Waals surface area contributed by atoms with E-state index >= 15 is 0 Å². The normalized spacial score (nSPS) is 11.3. The molecular weight excluding hydrogens is 230 g/mol. The van der Waals surface area contributed by atoms with Gasteiger partial charge in [-0.25, -0.2) is 0 Å². The third-order valence-electron chi connectivity index (χ3n) is 2.42. The smallest absolute Gasteiger partial charge is 0.185 e. The molecule has 0 radical (unpaired) electrons. The van der Waals surface area contributed by atoms with Gasteiger partial charge in [-0.05, 0) is 24.3 Å². The largest absolute Gasteiger partial charge is 0.508 e. The van der Waals surface area contributed by atoms with Gasteiger partial charge in [-0.2, -0.15) is 0 Å². The van der Waals surface area contributed by atoms with E-state index in [2.05, 4.69) is 10.6 Å². The van der Waals surface area contributed by atoms with E-state index in [4.69, 9.17) is 0 Å². The number of phenols is 2. The predicted molar refractivity (Wildman–Crippen MR) is 68.0 cm³/mol. The first-order chi connectivity index (χ1) is 8.66. The molecule has 0 aliphatic rings. The fourth-order valence-electron chi connectivity index (χ4n) is 1.48. The third kappa shape index (κ3) is 2.76. The summed E-state index contributed by atoms with van der Waals surface area (Å²) >= 11 is 0. The topological polar surface area (TPSA) is 68.7 Å². The van der Waals surface area contributed by atoms with E-state index in [0.717, 1.165) is 0 Å². The van der Waals surface area contributed by atoms with Gasteiger partial charge >= 0.3 is 0 Å². The monoisotopic (exact) mass is 244 g/mol. The van der Waals surface area contributed by atoms with Crippen molar-refractivity contribution in [2.75, 3.05) is 5.53 Å². The van der Waals surface area contributed by atoms with Gasteiger partial charge in [-0.15, -0.1) is 4.68 Å². The van der Waals surface area contributed by atoms with Gasteiger partial charge in [-0.3, -0.25) is 0 Å². The first-order valence-electron chi connectivity index (χ1n) is 5.46. The molecule has 0 saturated carbocycles. The Hall–Kier alpha value is -2.56. The third-order valence-corrected chi connectivity index (χ3v) is 2.42. The first-order valence-corrected chi connectivity index (χ1v) is 5.46. The van der Waals surface area contributed by atoms with Crippen molar-refractivity contribution in [2.45, 2.75) is 6.92 Å². The molecule has 0 aliphatic heterocycles. The van der Waals surface area contributed by atoms with Crippen molar-refractivity contribution in [1.29, 1.82) is 0 Å². The minimum absolute atomic E-state index is 0.00360. The van der Waals surface area contributed by atoms with Crippen LogP contribution in [0.4, 0.5) is 0 Å². The molecule has 0 atom stereocenters. The number of pyridine rings is 1. The lowest BCUT2D eigenvalue weighted by Gasteiger charge is -2.01. The zero-order chi connectivity index (χ0) is 13.0. The van der Waals surface area contributed by atoms with Gasteiger partial charge in [0.1, 0.15) is 23.9 Å². The van der Waals surface area contributed by atoms with Crippen molar-refractivity contribution in [3.05, 3.63) is 54.4 Å². The maximum Gasteiger partial charge on any atom is 0.185 e. The van der Waals surface area contributed by atoms with Crippen molar-refractivity contribution < 1.29 is 14.9 Å². The standard InChI is InChI=1S/C13H13N3O2/c1-10(12-6-5-11(17)9-13(12)18)14-15-16-7-3-2-4-8-16/h2-9,15H,1H3,(H-,14,17,18)/p+1. The Kier molecular flexibility index (Phi) is 3.43. The van der Waals surface area contributed by atoms with Crippen LogP contribution in [0.15, 0.2) is 53.9 Å². The molecule has 2 rings (SSSR count). The molecule has 2 aromatic rings. The molecule has 5 nitrogen and oxygen atoms in total. The molecule has 0 aliphatic carbocycles. The Balaban J connectivity index is 2.18. The van der Waals surface area contributed by atoms with Crippen LogP contribution < -0.4 is 10.2 Å². The maximum atomic E-state index is 9.68. The van der Waals surface area contributed by atoms with Gasteiger partial charge in [0.05, 0.1) is 5.56 Å². The lowest BCUT2D eigenvalue weighted by Crippen LogP contribution is -2.41. The Morgan fingerprint density at radius 1 is 1.17 bits per heavy atom. The number of phenolic OH excluding ortho intramolecular Hbond substituents is 2. The molecule has 0 spiro atoms. The van der Waals surface area contributed by atoms with Gasteiger partial charge < -0.3 is 10.2 Å². The summed E-state index contributed by atoms with van der Waals surface area (Å²) < 4.78 is 1.68. The van der Waals surface area contributed by atoms with Gasteiger partial charge in [-0.1, -0.05) is 11.6 Å². The Bertz CT molecular complexity index is 568. The van der Waals surface area contributed by atoms with Crippen molar-refractivity contribution in [3.63, 3.8) is 0 Å². The van der Waals surface area contributed by atoms with Crippen LogP contribution in [0.5, 0.6) is 11.5 Å². The first kappa shape index (κ1) is 11.9. The molecule has 0 fully saturated rings. The predicted octanol–water partition coefficient (Wildman–Crippen LogP) is 1.35. The summed E-state index contributed by atoms with van der Waals surface area (Å²) in [5.74, 6) is 0.0190. The zero-order valence-electron chi connectivity index (χ0n) is 9.91. The van der Waals surface area contributed by atoms with E-state index in [1.165, 1.54) is 12.1 Å². The van der Waals surface area contributed by atoms with Crippen molar-refractivity contribution in [2.24, 2.45) is 5.10 Å². The molecule has 92 valence electrons. The van der Waals surface area contributed by atoms with E-state index in [0.29, 0.717) is 11.3 Å². The molecule has 1 aromatic heterocycles. The van der Waals surface area contributed by atoms with E-state index < -0.39 is 0 Å². The van der Waals surface area contributed by atoms with Crippen LogP contribution in [0.3, 0.4) is 0 Å². The van der Waals surface area contributed by atoms with Gasteiger partial charge in [0.25, 0.3) is 0 Å². The summed E-state index contributed by atoms with van der Waals surface area (Å²) in [5.41, 5.74) is 4.00. The Morgan fingerprint density at radius 2 is 1.89 bits per heavy atom. The molecule has 18 heavy (non-hydrogen) atoms. The van der Waals surface area contributed by atoms with E-state index in [1.54, 1.807) is 17.7 Å². The summed E-state index contributed by atoms with van der Waals surface area (Å²) in [5, 5.41) is 23.0. The number of hydrogen-bond donors (Lipinski definition) is 3. The number of benzene rings is 1. The molecule has 1 aromatic carbocycles. The molecule has 0 saturated heterocycles. The lowest BCUT2D eigenvalue weighted by molar-refractivity contribution is -0.650. The fourth-order valence-corrected chi connectivity index (χ4v) is 1.48. The molecule has 3 N–H and O–H groups in total. The van der Waals surface area contributed by atoms with Crippen molar-refractivity contribution in [3.8, 4) is 11.5 Å². The van der Waals surface area contributed by atoms with Crippen LogP contribution in [0, 0.1) is 0 Å². The molecule has 0 bridgehead atoms. The number of nitrogens with one attached hydrogen (secondary N) is 1. The van der Waals surface area contributed by atoms with Gasteiger partial charge in [0, 0.05) is 18.1 Å². The quantitative estimate of drug-likeness (QED) is 0.434. The summed E-state index contributed by atoms with van der Waals surface area (Å²) in [7, 11) is 0. The number of nitrogens with zero attached hydrogens (tertiary/aromatic N) is 2. The average molecular weight is 244 g/mol. The molecule has 1 heterocycles. The summed E-state index contributed by atoms with van der Waals surface area (Å²) in [6.07, 6.45) is 3.63. The van der Waals surface area contributed by atoms with Crippen LogP contribution in [0.25, 0.3) is 0 Å². The van der Waals surface area contributed by atoms with E-state index in [-0.39, 0.29) is 11.5 Å². The second kappa shape index (κ2) is 5.18. The Morgan fingerprint density at radius 3 is 2.56 bits per heavy atom. The number of aromatic hydroxyl groups is 2. The highest BCUT2D eigenvalue weighted by Crippen LogP contribution is 2.22. The number of hydrazone groups is 1. The number of rotatable bonds is 3. The fraction of sp³-hybridized carbons (Fsp3) is 0.0769. The van der Waals surface area contributed by atoms with E-state index in [1.807, 2.05) is 30.6 Å². The van der Waals surface area contributed by atoms with Crippen LogP contribution in [0.2, 0.25) is 0 Å². The van der Waals surface area contributed by atoms with Crippen LogP contribution in [-0.4, -0.2) is 15.9 Å².